The Kier molecular flexibility index (Phi) is 2.52. The minimum absolute atomic E-state index is 0.569. The lowest BCUT2D eigenvalue weighted by molar-refractivity contribution is 0.252. The average Bonchev–Trinajstić information content (AvgIpc) is 2.72. The van der Waals surface area contributed by atoms with Crippen LogP contribution in [0.4, 0.5) is 5.69 Å². The van der Waals surface area contributed by atoms with Crippen LogP contribution in [0, 0.1) is 0 Å². The summed E-state index contributed by atoms with van der Waals surface area (Å²) in [5.41, 5.74) is 8.64. The first kappa shape index (κ1) is 10.6. The van der Waals surface area contributed by atoms with E-state index in [9.17, 15) is 0 Å². The lowest BCUT2D eigenvalue weighted by Gasteiger charge is -2.27. The summed E-state index contributed by atoms with van der Waals surface area (Å²) in [5.74, 6) is 1.69. The molecule has 3 N–H and O–H groups in total. The molecule has 1 aromatic heterocycles. The fraction of sp³-hybridized carbons (Fsp3) is 0.462. The van der Waals surface area contributed by atoms with Crippen LogP contribution in [0.3, 0.4) is 0 Å². The van der Waals surface area contributed by atoms with Crippen molar-refractivity contribution < 1.29 is 0 Å². The van der Waals surface area contributed by atoms with Crippen LogP contribution in [0.25, 0.3) is 11.0 Å². The van der Waals surface area contributed by atoms with Gasteiger partial charge in [0.15, 0.2) is 0 Å². The molecule has 2 heterocycles. The van der Waals surface area contributed by atoms with Crippen molar-refractivity contribution in [1.82, 2.24) is 14.9 Å². The van der Waals surface area contributed by atoms with Crippen molar-refractivity contribution in [1.29, 1.82) is 0 Å². The van der Waals surface area contributed by atoms with Crippen molar-refractivity contribution in [3.63, 3.8) is 0 Å². The van der Waals surface area contributed by atoms with Crippen LogP contribution in [0.15, 0.2) is 18.2 Å². The highest BCUT2D eigenvalue weighted by Crippen LogP contribution is 2.27. The van der Waals surface area contributed by atoms with E-state index in [2.05, 4.69) is 21.9 Å². The summed E-state index contributed by atoms with van der Waals surface area (Å²) in [6.45, 7) is 2.31. The van der Waals surface area contributed by atoms with E-state index >= 15 is 0 Å². The molecule has 0 saturated carbocycles. The topological polar surface area (TPSA) is 57.9 Å². The number of nitrogen functional groups attached to an aromatic ring is 1. The van der Waals surface area contributed by atoms with Crippen molar-refractivity contribution >= 4 is 16.7 Å². The zero-order valence-corrected chi connectivity index (χ0v) is 10.1. The first-order valence-corrected chi connectivity index (χ1v) is 6.16. The second-order valence-corrected chi connectivity index (χ2v) is 4.98. The number of anilines is 1. The van der Waals surface area contributed by atoms with E-state index in [1.165, 1.54) is 12.8 Å². The minimum Gasteiger partial charge on any atom is -0.399 e. The Morgan fingerprint density at radius 3 is 2.88 bits per heavy atom. The standard InChI is InChI=1S/C13H18N4/c1-17-6-4-9(5-7-17)13-15-11-3-2-10(14)8-12(11)16-13/h2-3,8-9H,4-7,14H2,1H3,(H,15,16). The number of H-pyrrole nitrogens is 1. The predicted molar refractivity (Wildman–Crippen MR) is 70.0 cm³/mol. The normalized spacial score (nSPS) is 18.9. The molecule has 0 aliphatic carbocycles. The maximum absolute atomic E-state index is 5.78. The van der Waals surface area contributed by atoms with Gasteiger partial charge < -0.3 is 15.6 Å². The number of fused-ring (bicyclic) bond motifs is 1. The molecule has 1 aliphatic rings. The third-order valence-corrected chi connectivity index (χ3v) is 3.63. The van der Waals surface area contributed by atoms with Gasteiger partial charge in [0.25, 0.3) is 0 Å². The monoisotopic (exact) mass is 230 g/mol. The summed E-state index contributed by atoms with van der Waals surface area (Å²) in [4.78, 5) is 10.5. The second kappa shape index (κ2) is 4.04. The number of likely N-dealkylation sites (tertiary alicyclic amines) is 1. The molecule has 4 heteroatoms. The van der Waals surface area contributed by atoms with E-state index < -0.39 is 0 Å². The highest BCUT2D eigenvalue weighted by atomic mass is 15.1. The number of nitrogens with two attached hydrogens (primary N) is 1. The largest absolute Gasteiger partial charge is 0.399 e. The van der Waals surface area contributed by atoms with Gasteiger partial charge in [0.05, 0.1) is 11.0 Å². The molecule has 17 heavy (non-hydrogen) atoms. The van der Waals surface area contributed by atoms with Crippen LogP contribution in [0.1, 0.15) is 24.6 Å². The maximum Gasteiger partial charge on any atom is 0.110 e. The number of imidazole rings is 1. The fourth-order valence-corrected chi connectivity index (χ4v) is 2.52. The van der Waals surface area contributed by atoms with Crippen LogP contribution in [0.5, 0.6) is 0 Å². The second-order valence-electron chi connectivity index (χ2n) is 4.98. The van der Waals surface area contributed by atoms with Crippen LogP contribution in [-0.4, -0.2) is 35.0 Å². The number of nitrogens with one attached hydrogen (secondary N) is 1. The number of hydrogen-bond acceptors (Lipinski definition) is 3. The molecular formula is C13H18N4. The average molecular weight is 230 g/mol. The number of aromatic nitrogens is 2. The molecule has 0 amide bonds. The lowest BCUT2D eigenvalue weighted by Crippen LogP contribution is -2.29. The number of piperidine rings is 1. The van der Waals surface area contributed by atoms with Gasteiger partial charge in [-0.3, -0.25) is 0 Å². The Morgan fingerprint density at radius 1 is 1.35 bits per heavy atom. The smallest absolute Gasteiger partial charge is 0.110 e. The third-order valence-electron chi connectivity index (χ3n) is 3.63. The van der Waals surface area contributed by atoms with E-state index in [1.807, 2.05) is 18.2 Å². The van der Waals surface area contributed by atoms with Crippen molar-refractivity contribution in [3.05, 3.63) is 24.0 Å². The Bertz CT molecular complexity index is 523. The molecule has 0 spiro atoms. The van der Waals surface area contributed by atoms with E-state index in [-0.39, 0.29) is 0 Å². The first-order valence-electron chi connectivity index (χ1n) is 6.16. The van der Waals surface area contributed by atoms with Gasteiger partial charge >= 0.3 is 0 Å². The highest BCUT2D eigenvalue weighted by molar-refractivity contribution is 5.78. The minimum atomic E-state index is 0.569. The lowest BCUT2D eigenvalue weighted by atomic mass is 9.97. The molecule has 0 radical (unpaired) electrons. The number of nitrogens with zero attached hydrogens (tertiary/aromatic N) is 2. The molecule has 2 aromatic rings. The summed E-state index contributed by atoms with van der Waals surface area (Å²) < 4.78 is 0. The molecule has 1 aromatic carbocycles. The maximum atomic E-state index is 5.78. The molecule has 3 rings (SSSR count). The molecular weight excluding hydrogens is 212 g/mol. The fourth-order valence-electron chi connectivity index (χ4n) is 2.52. The molecule has 0 atom stereocenters. The van der Waals surface area contributed by atoms with Gasteiger partial charge in [-0.05, 0) is 51.2 Å². The van der Waals surface area contributed by atoms with Gasteiger partial charge in [0.2, 0.25) is 0 Å². The van der Waals surface area contributed by atoms with E-state index in [1.54, 1.807) is 0 Å². The van der Waals surface area contributed by atoms with Crippen molar-refractivity contribution in [3.8, 4) is 0 Å². The van der Waals surface area contributed by atoms with E-state index in [4.69, 9.17) is 5.73 Å². The molecule has 0 unspecified atom stereocenters. The van der Waals surface area contributed by atoms with Crippen LogP contribution in [-0.2, 0) is 0 Å². The van der Waals surface area contributed by atoms with Crippen LogP contribution >= 0.6 is 0 Å². The number of hydrogen-bond donors (Lipinski definition) is 2. The van der Waals surface area contributed by atoms with Crippen LogP contribution in [0.2, 0.25) is 0 Å². The van der Waals surface area contributed by atoms with Gasteiger partial charge in [-0.25, -0.2) is 4.98 Å². The highest BCUT2D eigenvalue weighted by Gasteiger charge is 2.21. The SMILES string of the molecule is CN1CCC(c2nc3ccc(N)cc3[nH]2)CC1. The van der Waals surface area contributed by atoms with Gasteiger partial charge in [0, 0.05) is 11.6 Å². The van der Waals surface area contributed by atoms with Crippen LogP contribution < -0.4 is 5.73 Å². The van der Waals surface area contributed by atoms with E-state index in [0.29, 0.717) is 5.92 Å². The first-order chi connectivity index (χ1) is 8.22. The Morgan fingerprint density at radius 2 is 2.12 bits per heavy atom. The van der Waals surface area contributed by atoms with Gasteiger partial charge in [0.1, 0.15) is 5.82 Å². The summed E-state index contributed by atoms with van der Waals surface area (Å²) in [6, 6.07) is 5.85. The van der Waals surface area contributed by atoms with E-state index in [0.717, 1.165) is 35.6 Å². The van der Waals surface area contributed by atoms with Crippen molar-refractivity contribution in [2.75, 3.05) is 25.9 Å². The quantitative estimate of drug-likeness (QED) is 0.736. The molecule has 90 valence electrons. The molecule has 1 fully saturated rings. The Balaban J connectivity index is 1.90. The molecule has 4 nitrogen and oxygen atoms in total. The predicted octanol–water partition coefficient (Wildman–Crippen LogP) is 1.95. The third kappa shape index (κ3) is 2.00. The van der Waals surface area contributed by atoms with Gasteiger partial charge in [-0.2, -0.15) is 0 Å². The molecule has 1 saturated heterocycles. The summed E-state index contributed by atoms with van der Waals surface area (Å²) in [5, 5.41) is 0. The van der Waals surface area contributed by atoms with Gasteiger partial charge in [-0.15, -0.1) is 0 Å². The molecule has 1 aliphatic heterocycles. The molecule has 0 bridgehead atoms. The summed E-state index contributed by atoms with van der Waals surface area (Å²) in [6.07, 6.45) is 2.37. The Labute approximate surface area is 101 Å². The van der Waals surface area contributed by atoms with Crippen molar-refractivity contribution in [2.45, 2.75) is 18.8 Å². The van der Waals surface area contributed by atoms with Crippen molar-refractivity contribution in [2.24, 2.45) is 0 Å². The Hall–Kier alpha value is -1.55. The number of aromatic amines is 1. The zero-order valence-electron chi connectivity index (χ0n) is 10.1. The van der Waals surface area contributed by atoms with Gasteiger partial charge in [-0.1, -0.05) is 0 Å². The zero-order chi connectivity index (χ0) is 11.8. The summed E-state index contributed by atoms with van der Waals surface area (Å²) >= 11 is 0. The number of rotatable bonds is 1. The number of benzene rings is 1. The summed E-state index contributed by atoms with van der Waals surface area (Å²) in [7, 11) is 2.18.